The number of benzene rings is 5. The van der Waals surface area contributed by atoms with Gasteiger partial charge in [-0.25, -0.2) is 0 Å². The molecule has 4 heteroatoms. The Morgan fingerprint density at radius 3 is 2.08 bits per heavy atom. The lowest BCUT2D eigenvalue weighted by Crippen LogP contribution is -2.60. The molecule has 0 radical (unpaired) electrons. The molecule has 8 rings (SSSR count). The predicted octanol–water partition coefficient (Wildman–Crippen LogP) is 7.60. The molecule has 180 valence electrons. The van der Waals surface area contributed by atoms with Crippen LogP contribution in [0.3, 0.4) is 0 Å². The maximum Gasteiger partial charge on any atom is 0.264 e. The van der Waals surface area contributed by atoms with Gasteiger partial charge in [0.15, 0.2) is 0 Å². The van der Waals surface area contributed by atoms with Crippen molar-refractivity contribution in [2.75, 3.05) is 9.80 Å². The number of rotatable bonds is 2. The Labute approximate surface area is 227 Å². The van der Waals surface area contributed by atoms with E-state index in [4.69, 9.17) is 0 Å². The summed E-state index contributed by atoms with van der Waals surface area (Å²) in [5, 5.41) is 1.32. The van der Waals surface area contributed by atoms with Gasteiger partial charge in [-0.3, -0.25) is 0 Å². The highest BCUT2D eigenvalue weighted by Crippen LogP contribution is 2.47. The van der Waals surface area contributed by atoms with E-state index in [1.54, 1.807) is 0 Å². The highest BCUT2D eigenvalue weighted by molar-refractivity contribution is 7.33. The van der Waals surface area contributed by atoms with Crippen LogP contribution in [0, 0.1) is 13.8 Å². The molecule has 0 saturated carbocycles. The fourth-order valence-corrected chi connectivity index (χ4v) is 7.61. The van der Waals surface area contributed by atoms with Crippen molar-refractivity contribution in [2.45, 2.75) is 13.8 Å². The van der Waals surface area contributed by atoms with Gasteiger partial charge < -0.3 is 9.80 Å². The van der Waals surface area contributed by atoms with Crippen molar-refractivity contribution in [1.29, 1.82) is 0 Å². The van der Waals surface area contributed by atoms with Crippen molar-refractivity contribution in [2.24, 2.45) is 0 Å². The molecule has 0 unspecified atom stereocenters. The van der Waals surface area contributed by atoms with Crippen LogP contribution < -0.4 is 25.5 Å². The Morgan fingerprint density at radius 2 is 1.26 bits per heavy atom. The first kappa shape index (κ1) is 21.8. The Morgan fingerprint density at radius 1 is 0.579 bits per heavy atom. The van der Waals surface area contributed by atoms with E-state index in [-0.39, 0.29) is 6.71 Å². The van der Waals surface area contributed by atoms with E-state index in [1.165, 1.54) is 71.0 Å². The van der Waals surface area contributed by atoms with Gasteiger partial charge in [-0.1, -0.05) is 72.3 Å². The van der Waals surface area contributed by atoms with Crippen molar-refractivity contribution < 1.29 is 0 Å². The average molecular weight is 504 g/mol. The first-order valence-electron chi connectivity index (χ1n) is 13.2. The SMILES string of the molecule is Cc1ccc(N2c3cc(C)ccc3B3c4sc5ccccc5c4N(c4ccccc4)c4cccc2c43)cc1. The summed E-state index contributed by atoms with van der Waals surface area (Å²) in [4.78, 5) is 4.97. The molecule has 0 spiro atoms. The standard InChI is InChI=1S/C34H25BN2S/c1-22-15-18-25(19-16-22)36-28-12-8-13-29-32(28)35(27-20-17-23(2)21-30(27)36)34-33(26-11-6-7-14-31(26)38-34)37(29)24-9-4-3-5-10-24/h3-21H,1-2H3. The summed E-state index contributed by atoms with van der Waals surface area (Å²) in [7, 11) is 0. The number of thiophene rings is 1. The molecule has 3 heterocycles. The van der Waals surface area contributed by atoms with E-state index in [9.17, 15) is 0 Å². The van der Waals surface area contributed by atoms with Crippen LogP contribution in [0.25, 0.3) is 10.1 Å². The number of hydrogen-bond donors (Lipinski definition) is 0. The van der Waals surface area contributed by atoms with Crippen LogP contribution in [-0.4, -0.2) is 6.71 Å². The molecule has 5 aromatic carbocycles. The molecular formula is C34H25BN2S. The fraction of sp³-hybridized carbons (Fsp3) is 0.0588. The van der Waals surface area contributed by atoms with E-state index in [0.29, 0.717) is 0 Å². The molecule has 0 saturated heterocycles. The molecule has 0 amide bonds. The van der Waals surface area contributed by atoms with Gasteiger partial charge in [0, 0.05) is 43.3 Å². The molecule has 2 aliphatic rings. The molecule has 0 fully saturated rings. The van der Waals surface area contributed by atoms with Crippen LogP contribution >= 0.6 is 11.3 Å². The highest BCUT2D eigenvalue weighted by atomic mass is 32.1. The maximum absolute atomic E-state index is 2.50. The van der Waals surface area contributed by atoms with E-state index in [0.717, 1.165) is 0 Å². The first-order chi connectivity index (χ1) is 18.7. The maximum atomic E-state index is 2.50. The van der Waals surface area contributed by atoms with Gasteiger partial charge in [-0.15, -0.1) is 11.3 Å². The van der Waals surface area contributed by atoms with Crippen LogP contribution in [0.1, 0.15) is 11.1 Å². The summed E-state index contributed by atoms with van der Waals surface area (Å²) in [5.74, 6) is 0. The van der Waals surface area contributed by atoms with Crippen molar-refractivity contribution in [3.05, 3.63) is 126 Å². The van der Waals surface area contributed by atoms with Gasteiger partial charge in [-0.05, 0) is 78.9 Å². The number of aryl methyl sites for hydroxylation is 2. The lowest BCUT2D eigenvalue weighted by Gasteiger charge is -2.43. The fourth-order valence-electron chi connectivity index (χ4n) is 6.29. The van der Waals surface area contributed by atoms with Crippen LogP contribution in [-0.2, 0) is 0 Å². The molecule has 6 aromatic rings. The summed E-state index contributed by atoms with van der Waals surface area (Å²) in [6.07, 6.45) is 0. The average Bonchev–Trinajstić information content (AvgIpc) is 3.33. The van der Waals surface area contributed by atoms with E-state index >= 15 is 0 Å². The Bertz CT molecular complexity index is 1860. The quantitative estimate of drug-likeness (QED) is 0.224. The first-order valence-corrected chi connectivity index (χ1v) is 14.0. The zero-order valence-electron chi connectivity index (χ0n) is 21.3. The topological polar surface area (TPSA) is 6.48 Å². The molecule has 0 N–H and O–H groups in total. The summed E-state index contributed by atoms with van der Waals surface area (Å²) in [6, 6.07) is 42.5. The van der Waals surface area contributed by atoms with Crippen molar-refractivity contribution >= 4 is 78.0 Å². The summed E-state index contributed by atoms with van der Waals surface area (Å²) in [5.41, 5.74) is 12.8. The number of fused-ring (bicyclic) bond motifs is 6. The third kappa shape index (κ3) is 3.01. The second-order valence-corrected chi connectivity index (χ2v) is 11.4. The summed E-state index contributed by atoms with van der Waals surface area (Å²) >= 11 is 1.94. The largest absolute Gasteiger partial charge is 0.311 e. The number of anilines is 6. The lowest BCUT2D eigenvalue weighted by atomic mass is 9.36. The molecule has 0 atom stereocenters. The normalized spacial score (nSPS) is 13.4. The number of hydrogen-bond acceptors (Lipinski definition) is 3. The Kier molecular flexibility index (Phi) is 4.65. The smallest absolute Gasteiger partial charge is 0.264 e. The summed E-state index contributed by atoms with van der Waals surface area (Å²) in [6.45, 7) is 4.53. The molecule has 0 bridgehead atoms. The Balaban J connectivity index is 1.50. The zero-order chi connectivity index (χ0) is 25.4. The van der Waals surface area contributed by atoms with E-state index in [2.05, 4.69) is 139 Å². The zero-order valence-corrected chi connectivity index (χ0v) is 22.2. The third-order valence-corrected chi connectivity index (χ3v) is 9.18. The highest BCUT2D eigenvalue weighted by Gasteiger charge is 2.44. The van der Waals surface area contributed by atoms with Gasteiger partial charge in [0.1, 0.15) is 0 Å². The van der Waals surface area contributed by atoms with Crippen molar-refractivity contribution in [1.82, 2.24) is 0 Å². The van der Waals surface area contributed by atoms with E-state index in [1.807, 2.05) is 11.3 Å². The van der Waals surface area contributed by atoms with Gasteiger partial charge in [0.25, 0.3) is 6.71 Å². The molecular weight excluding hydrogens is 479 g/mol. The van der Waals surface area contributed by atoms with Gasteiger partial charge in [0.2, 0.25) is 0 Å². The molecule has 1 aromatic heterocycles. The third-order valence-electron chi connectivity index (χ3n) is 7.96. The summed E-state index contributed by atoms with van der Waals surface area (Å²) < 4.78 is 2.76. The van der Waals surface area contributed by atoms with Crippen molar-refractivity contribution in [3.8, 4) is 0 Å². The Hall–Kier alpha value is -4.28. The molecule has 2 nitrogen and oxygen atoms in total. The minimum absolute atomic E-state index is 0.186. The van der Waals surface area contributed by atoms with Crippen LogP contribution in [0.2, 0.25) is 0 Å². The molecule has 0 aliphatic carbocycles. The minimum Gasteiger partial charge on any atom is -0.311 e. The van der Waals surface area contributed by atoms with Gasteiger partial charge in [0.05, 0.1) is 5.69 Å². The monoisotopic (exact) mass is 504 g/mol. The van der Waals surface area contributed by atoms with Crippen LogP contribution in [0.5, 0.6) is 0 Å². The molecule has 2 aliphatic heterocycles. The van der Waals surface area contributed by atoms with Gasteiger partial charge in [-0.2, -0.15) is 0 Å². The molecule has 38 heavy (non-hydrogen) atoms. The van der Waals surface area contributed by atoms with Crippen LogP contribution in [0.4, 0.5) is 34.1 Å². The second kappa shape index (κ2) is 8.11. The minimum atomic E-state index is 0.186. The van der Waals surface area contributed by atoms with Gasteiger partial charge >= 0.3 is 0 Å². The lowest BCUT2D eigenvalue weighted by molar-refractivity contribution is 1.25. The number of para-hydroxylation sites is 1. The van der Waals surface area contributed by atoms with E-state index < -0.39 is 0 Å². The number of nitrogens with zero attached hydrogens (tertiary/aromatic N) is 2. The predicted molar refractivity (Wildman–Crippen MR) is 165 cm³/mol. The van der Waals surface area contributed by atoms with Crippen LogP contribution in [0.15, 0.2) is 115 Å². The van der Waals surface area contributed by atoms with Crippen molar-refractivity contribution in [3.63, 3.8) is 0 Å². The second-order valence-electron chi connectivity index (χ2n) is 10.4.